The molecule has 0 saturated carbocycles. The maximum absolute atomic E-state index is 11.5. The summed E-state index contributed by atoms with van der Waals surface area (Å²) in [5, 5.41) is 5.95. The number of carbonyl (C=O) groups excluding carboxylic acids is 1. The van der Waals surface area contributed by atoms with Crippen LogP contribution >= 0.6 is 0 Å². The monoisotopic (exact) mass is 261 g/mol. The van der Waals surface area contributed by atoms with Crippen molar-refractivity contribution in [1.82, 2.24) is 10.6 Å². The number of fused-ring (bicyclic) bond motifs is 1. The molecule has 1 aliphatic rings. The average molecular weight is 261 g/mol. The van der Waals surface area contributed by atoms with Gasteiger partial charge in [-0.3, -0.25) is 4.79 Å². The van der Waals surface area contributed by atoms with Crippen molar-refractivity contribution in [2.75, 3.05) is 32.1 Å². The van der Waals surface area contributed by atoms with Gasteiger partial charge in [-0.1, -0.05) is 12.1 Å². The molecule has 0 spiro atoms. The Morgan fingerprint density at radius 1 is 1.42 bits per heavy atom. The van der Waals surface area contributed by atoms with Crippen LogP contribution in [0.4, 0.5) is 5.69 Å². The van der Waals surface area contributed by atoms with Gasteiger partial charge >= 0.3 is 0 Å². The summed E-state index contributed by atoms with van der Waals surface area (Å²) in [6, 6.07) is 6.94. The molecule has 0 aliphatic carbocycles. The molecular formula is C15H23N3O. The van der Waals surface area contributed by atoms with Crippen molar-refractivity contribution < 1.29 is 4.79 Å². The zero-order chi connectivity index (χ0) is 13.8. The standard InChI is InChI=1S/C15H23N3O/c1-11(16-2)12-6-7-14-13(9-12)5-4-8-18(14)10-15(19)17-3/h6-7,9,11,16H,4-5,8,10H2,1-3H3,(H,17,19). The fourth-order valence-electron chi connectivity index (χ4n) is 2.55. The lowest BCUT2D eigenvalue weighted by atomic mass is 9.97. The molecule has 2 rings (SSSR count). The Hall–Kier alpha value is -1.55. The Morgan fingerprint density at radius 2 is 2.21 bits per heavy atom. The molecule has 1 aromatic rings. The van der Waals surface area contributed by atoms with Crippen LogP contribution in [-0.2, 0) is 11.2 Å². The zero-order valence-corrected chi connectivity index (χ0v) is 12.0. The summed E-state index contributed by atoms with van der Waals surface area (Å²) in [6.45, 7) is 3.57. The molecule has 104 valence electrons. The second-order valence-electron chi connectivity index (χ2n) is 5.10. The molecular weight excluding hydrogens is 238 g/mol. The Bertz CT molecular complexity index is 459. The van der Waals surface area contributed by atoms with Gasteiger partial charge in [0.2, 0.25) is 5.91 Å². The van der Waals surface area contributed by atoms with E-state index in [1.165, 1.54) is 16.8 Å². The summed E-state index contributed by atoms with van der Waals surface area (Å²) in [5.74, 6) is 0.0699. The van der Waals surface area contributed by atoms with E-state index in [-0.39, 0.29) is 5.91 Å². The molecule has 0 fully saturated rings. The van der Waals surface area contributed by atoms with Gasteiger partial charge in [-0.15, -0.1) is 0 Å². The van der Waals surface area contributed by atoms with Gasteiger partial charge in [-0.2, -0.15) is 0 Å². The fourth-order valence-corrected chi connectivity index (χ4v) is 2.55. The molecule has 1 aliphatic heterocycles. The van der Waals surface area contributed by atoms with Gasteiger partial charge in [0, 0.05) is 25.3 Å². The number of anilines is 1. The van der Waals surface area contributed by atoms with E-state index in [0.717, 1.165) is 19.4 Å². The van der Waals surface area contributed by atoms with Crippen LogP contribution in [0.25, 0.3) is 0 Å². The van der Waals surface area contributed by atoms with Crippen molar-refractivity contribution >= 4 is 11.6 Å². The fraction of sp³-hybridized carbons (Fsp3) is 0.533. The lowest BCUT2D eigenvalue weighted by Gasteiger charge is -2.31. The summed E-state index contributed by atoms with van der Waals surface area (Å²) in [7, 11) is 3.66. The number of hydrogen-bond donors (Lipinski definition) is 2. The minimum Gasteiger partial charge on any atom is -0.362 e. The first-order valence-corrected chi connectivity index (χ1v) is 6.91. The van der Waals surface area contributed by atoms with Crippen LogP contribution < -0.4 is 15.5 Å². The highest BCUT2D eigenvalue weighted by atomic mass is 16.1. The lowest BCUT2D eigenvalue weighted by Crippen LogP contribution is -2.38. The van der Waals surface area contributed by atoms with Crippen molar-refractivity contribution in [2.45, 2.75) is 25.8 Å². The van der Waals surface area contributed by atoms with E-state index in [1.807, 2.05) is 7.05 Å². The molecule has 2 N–H and O–H groups in total. The van der Waals surface area contributed by atoms with Crippen LogP contribution in [0.15, 0.2) is 18.2 Å². The van der Waals surface area contributed by atoms with E-state index in [0.29, 0.717) is 12.6 Å². The largest absolute Gasteiger partial charge is 0.362 e. The molecule has 0 radical (unpaired) electrons. The van der Waals surface area contributed by atoms with E-state index >= 15 is 0 Å². The van der Waals surface area contributed by atoms with Crippen molar-refractivity contribution in [1.29, 1.82) is 0 Å². The van der Waals surface area contributed by atoms with Crippen LogP contribution in [0.3, 0.4) is 0 Å². The summed E-state index contributed by atoms with van der Waals surface area (Å²) in [4.78, 5) is 13.7. The van der Waals surface area contributed by atoms with Crippen molar-refractivity contribution in [3.05, 3.63) is 29.3 Å². The van der Waals surface area contributed by atoms with Crippen molar-refractivity contribution in [3.8, 4) is 0 Å². The number of likely N-dealkylation sites (N-methyl/N-ethyl adjacent to an activating group) is 1. The van der Waals surface area contributed by atoms with Gasteiger partial charge in [0.25, 0.3) is 0 Å². The minimum atomic E-state index is 0.0699. The van der Waals surface area contributed by atoms with Gasteiger partial charge in [0.15, 0.2) is 0 Å². The van der Waals surface area contributed by atoms with Crippen LogP contribution in [0.5, 0.6) is 0 Å². The second kappa shape index (κ2) is 6.06. The van der Waals surface area contributed by atoms with Crippen molar-refractivity contribution in [3.63, 3.8) is 0 Å². The van der Waals surface area contributed by atoms with Gasteiger partial charge in [0.1, 0.15) is 0 Å². The van der Waals surface area contributed by atoms with E-state index in [9.17, 15) is 4.79 Å². The molecule has 1 aromatic carbocycles. The van der Waals surface area contributed by atoms with E-state index in [4.69, 9.17) is 0 Å². The van der Waals surface area contributed by atoms with Crippen LogP contribution in [0, 0.1) is 0 Å². The number of aryl methyl sites for hydroxylation is 1. The first-order chi connectivity index (χ1) is 9.15. The average Bonchev–Trinajstić information content (AvgIpc) is 2.46. The molecule has 0 bridgehead atoms. The molecule has 1 amide bonds. The number of rotatable bonds is 4. The molecule has 0 saturated heterocycles. The minimum absolute atomic E-state index is 0.0699. The Balaban J connectivity index is 2.23. The molecule has 1 unspecified atom stereocenters. The molecule has 1 heterocycles. The number of nitrogens with zero attached hydrogens (tertiary/aromatic N) is 1. The number of hydrogen-bond acceptors (Lipinski definition) is 3. The summed E-state index contributed by atoms with van der Waals surface area (Å²) in [6.07, 6.45) is 2.21. The molecule has 4 heteroatoms. The Kier molecular flexibility index (Phi) is 4.43. The smallest absolute Gasteiger partial charge is 0.239 e. The van der Waals surface area contributed by atoms with Crippen LogP contribution in [-0.4, -0.2) is 33.1 Å². The number of carbonyl (C=O) groups is 1. The summed E-state index contributed by atoms with van der Waals surface area (Å²) >= 11 is 0. The normalized spacial score (nSPS) is 15.8. The molecule has 1 atom stereocenters. The predicted molar refractivity (Wildman–Crippen MR) is 78.5 cm³/mol. The Labute approximate surface area is 115 Å². The second-order valence-corrected chi connectivity index (χ2v) is 5.10. The SMILES string of the molecule is CNC(=O)CN1CCCc2cc(C(C)NC)ccc21. The van der Waals surface area contributed by atoms with Crippen LogP contribution in [0.1, 0.15) is 30.5 Å². The third-order valence-corrected chi connectivity index (χ3v) is 3.86. The number of benzene rings is 1. The summed E-state index contributed by atoms with van der Waals surface area (Å²) < 4.78 is 0. The van der Waals surface area contributed by atoms with Crippen molar-refractivity contribution in [2.24, 2.45) is 0 Å². The highest BCUT2D eigenvalue weighted by Gasteiger charge is 2.19. The predicted octanol–water partition coefficient (Wildman–Crippen LogP) is 1.47. The highest BCUT2D eigenvalue weighted by Crippen LogP contribution is 2.29. The van der Waals surface area contributed by atoms with E-state index in [2.05, 4.69) is 40.7 Å². The third kappa shape index (κ3) is 3.07. The van der Waals surface area contributed by atoms with E-state index in [1.54, 1.807) is 7.05 Å². The highest BCUT2D eigenvalue weighted by molar-refractivity contribution is 5.81. The molecule has 4 nitrogen and oxygen atoms in total. The van der Waals surface area contributed by atoms with E-state index < -0.39 is 0 Å². The molecule has 0 aromatic heterocycles. The maximum Gasteiger partial charge on any atom is 0.239 e. The first-order valence-electron chi connectivity index (χ1n) is 6.91. The number of amides is 1. The van der Waals surface area contributed by atoms with Gasteiger partial charge in [-0.05, 0) is 44.0 Å². The lowest BCUT2D eigenvalue weighted by molar-refractivity contribution is -0.119. The Morgan fingerprint density at radius 3 is 2.89 bits per heavy atom. The maximum atomic E-state index is 11.5. The summed E-state index contributed by atoms with van der Waals surface area (Å²) in [5.41, 5.74) is 3.87. The zero-order valence-electron chi connectivity index (χ0n) is 12.0. The quantitative estimate of drug-likeness (QED) is 0.862. The van der Waals surface area contributed by atoms with Gasteiger partial charge in [0.05, 0.1) is 6.54 Å². The van der Waals surface area contributed by atoms with Crippen LogP contribution in [0.2, 0.25) is 0 Å². The van der Waals surface area contributed by atoms with Gasteiger partial charge in [-0.25, -0.2) is 0 Å². The molecule has 19 heavy (non-hydrogen) atoms. The third-order valence-electron chi connectivity index (χ3n) is 3.86. The topological polar surface area (TPSA) is 44.4 Å². The van der Waals surface area contributed by atoms with Gasteiger partial charge < -0.3 is 15.5 Å². The number of nitrogens with one attached hydrogen (secondary N) is 2. The first kappa shape index (κ1) is 13.9.